The fourth-order valence-corrected chi connectivity index (χ4v) is 5.83. The molecule has 1 N–H and O–H groups in total. The van der Waals surface area contributed by atoms with Crippen LogP contribution in [0, 0.1) is 10.1 Å². The zero-order valence-corrected chi connectivity index (χ0v) is 19.8. The van der Waals surface area contributed by atoms with Crippen molar-refractivity contribution in [1.82, 2.24) is 25.2 Å². The van der Waals surface area contributed by atoms with E-state index in [1.165, 1.54) is 37.9 Å². The SMILES string of the molecule is O=[N+]([O-])c1ccc(-c2cn(C(CN3CCNCC3)c3ccc4sc5ccccc5c4c3)nn2)cc1. The summed E-state index contributed by atoms with van der Waals surface area (Å²) in [7, 11) is 0. The van der Waals surface area contributed by atoms with Crippen molar-refractivity contribution in [2.45, 2.75) is 6.04 Å². The van der Waals surface area contributed by atoms with Crippen molar-refractivity contribution in [2.24, 2.45) is 0 Å². The first-order valence-corrected chi connectivity index (χ1v) is 12.5. The van der Waals surface area contributed by atoms with Gasteiger partial charge in [0.15, 0.2) is 0 Å². The number of non-ortho nitro benzene ring substituents is 1. The van der Waals surface area contributed by atoms with Gasteiger partial charge in [-0.25, -0.2) is 4.68 Å². The van der Waals surface area contributed by atoms with Gasteiger partial charge < -0.3 is 5.32 Å². The lowest BCUT2D eigenvalue weighted by Crippen LogP contribution is -2.45. The fraction of sp³-hybridized carbons (Fsp3) is 0.231. The van der Waals surface area contributed by atoms with Crippen molar-refractivity contribution >= 4 is 37.2 Å². The molecule has 1 aliphatic rings. The molecule has 1 aliphatic heterocycles. The van der Waals surface area contributed by atoms with Gasteiger partial charge >= 0.3 is 0 Å². The summed E-state index contributed by atoms with van der Waals surface area (Å²) in [6.07, 6.45) is 1.95. The maximum Gasteiger partial charge on any atom is 0.269 e. The zero-order valence-electron chi connectivity index (χ0n) is 19.0. The number of hydrogen-bond acceptors (Lipinski definition) is 7. The summed E-state index contributed by atoms with van der Waals surface area (Å²) < 4.78 is 4.51. The molecule has 5 aromatic rings. The second-order valence-electron chi connectivity index (χ2n) is 8.81. The summed E-state index contributed by atoms with van der Waals surface area (Å²) in [6, 6.07) is 21.7. The third kappa shape index (κ3) is 4.29. The maximum atomic E-state index is 11.0. The lowest BCUT2D eigenvalue weighted by atomic mass is 10.0. The highest BCUT2D eigenvalue weighted by Gasteiger charge is 2.22. The first kappa shape index (κ1) is 21.8. The van der Waals surface area contributed by atoms with E-state index >= 15 is 0 Å². The van der Waals surface area contributed by atoms with E-state index in [4.69, 9.17) is 0 Å². The number of nitrogens with zero attached hydrogens (tertiary/aromatic N) is 5. The van der Waals surface area contributed by atoms with Crippen LogP contribution in [0.4, 0.5) is 5.69 Å². The Hall–Kier alpha value is -3.66. The van der Waals surface area contributed by atoms with Crippen LogP contribution in [-0.4, -0.2) is 57.5 Å². The highest BCUT2D eigenvalue weighted by molar-refractivity contribution is 7.25. The number of nitro groups is 1. The van der Waals surface area contributed by atoms with Gasteiger partial charge in [-0.15, -0.1) is 16.4 Å². The third-order valence-electron chi connectivity index (χ3n) is 6.63. The van der Waals surface area contributed by atoms with Crippen molar-refractivity contribution in [3.63, 3.8) is 0 Å². The van der Waals surface area contributed by atoms with Gasteiger partial charge in [0.05, 0.1) is 17.2 Å². The molecule has 3 aromatic carbocycles. The molecule has 35 heavy (non-hydrogen) atoms. The molecule has 0 spiro atoms. The smallest absolute Gasteiger partial charge is 0.269 e. The molecule has 8 nitrogen and oxygen atoms in total. The highest BCUT2D eigenvalue weighted by atomic mass is 32.1. The molecule has 0 saturated carbocycles. The van der Waals surface area contributed by atoms with Crippen molar-refractivity contribution in [1.29, 1.82) is 0 Å². The van der Waals surface area contributed by atoms with Gasteiger partial charge in [0.1, 0.15) is 5.69 Å². The maximum absolute atomic E-state index is 11.0. The van der Waals surface area contributed by atoms with Crippen LogP contribution in [0.2, 0.25) is 0 Å². The average molecular weight is 485 g/mol. The molecule has 0 bridgehead atoms. The van der Waals surface area contributed by atoms with E-state index in [1.54, 1.807) is 12.1 Å². The predicted octanol–water partition coefficient (Wildman–Crippen LogP) is 4.72. The van der Waals surface area contributed by atoms with Crippen LogP contribution in [0.3, 0.4) is 0 Å². The fourth-order valence-electron chi connectivity index (χ4n) is 4.75. The molecule has 0 aliphatic carbocycles. The number of nitrogens with one attached hydrogen (secondary N) is 1. The molecule has 1 atom stereocenters. The van der Waals surface area contributed by atoms with Gasteiger partial charge in [0.2, 0.25) is 0 Å². The number of thiophene rings is 1. The molecular formula is C26H24N6O2S. The second-order valence-corrected chi connectivity index (χ2v) is 9.89. The molecule has 2 aromatic heterocycles. The van der Waals surface area contributed by atoms with Gasteiger partial charge in [-0.1, -0.05) is 29.5 Å². The van der Waals surface area contributed by atoms with E-state index < -0.39 is 4.92 Å². The lowest BCUT2D eigenvalue weighted by Gasteiger charge is -2.31. The summed E-state index contributed by atoms with van der Waals surface area (Å²) in [4.78, 5) is 13.1. The summed E-state index contributed by atoms with van der Waals surface area (Å²) in [5.74, 6) is 0. The molecule has 1 saturated heterocycles. The van der Waals surface area contributed by atoms with Crippen LogP contribution >= 0.6 is 11.3 Å². The molecule has 1 unspecified atom stereocenters. The molecule has 9 heteroatoms. The molecule has 3 heterocycles. The molecule has 1 fully saturated rings. The van der Waals surface area contributed by atoms with Crippen molar-refractivity contribution in [2.75, 3.05) is 32.7 Å². The van der Waals surface area contributed by atoms with Crippen LogP contribution in [0.25, 0.3) is 31.4 Å². The van der Waals surface area contributed by atoms with Crippen molar-refractivity contribution in [3.8, 4) is 11.3 Å². The van der Waals surface area contributed by atoms with Crippen LogP contribution in [0.15, 0.2) is 72.9 Å². The van der Waals surface area contributed by atoms with Gasteiger partial charge in [0.25, 0.3) is 5.69 Å². The first-order valence-electron chi connectivity index (χ1n) is 11.7. The number of rotatable bonds is 6. The van der Waals surface area contributed by atoms with E-state index in [0.29, 0.717) is 5.69 Å². The van der Waals surface area contributed by atoms with E-state index in [0.717, 1.165) is 38.3 Å². The summed E-state index contributed by atoms with van der Waals surface area (Å²) in [5, 5.41) is 25.9. The number of piperazine rings is 1. The van der Waals surface area contributed by atoms with E-state index in [2.05, 4.69) is 63.0 Å². The molecule has 0 amide bonds. The van der Waals surface area contributed by atoms with Crippen LogP contribution in [0.5, 0.6) is 0 Å². The Morgan fingerprint density at radius 1 is 1.00 bits per heavy atom. The number of hydrogen-bond donors (Lipinski definition) is 1. The third-order valence-corrected chi connectivity index (χ3v) is 7.78. The molecule has 6 rings (SSSR count). The van der Waals surface area contributed by atoms with Crippen LogP contribution in [-0.2, 0) is 0 Å². The molecule has 0 radical (unpaired) electrons. The summed E-state index contributed by atoms with van der Waals surface area (Å²) in [5.41, 5.74) is 2.77. The van der Waals surface area contributed by atoms with Crippen LogP contribution in [0.1, 0.15) is 11.6 Å². The Bertz CT molecular complexity index is 1500. The van der Waals surface area contributed by atoms with E-state index in [-0.39, 0.29) is 11.7 Å². The lowest BCUT2D eigenvalue weighted by molar-refractivity contribution is -0.384. The monoisotopic (exact) mass is 484 g/mol. The van der Waals surface area contributed by atoms with Crippen molar-refractivity contribution < 1.29 is 4.92 Å². The quantitative estimate of drug-likeness (QED) is 0.277. The summed E-state index contributed by atoms with van der Waals surface area (Å²) in [6.45, 7) is 4.77. The van der Waals surface area contributed by atoms with Crippen LogP contribution < -0.4 is 5.32 Å². The minimum atomic E-state index is -0.394. The Labute approximate surface area is 205 Å². The second kappa shape index (κ2) is 9.18. The summed E-state index contributed by atoms with van der Waals surface area (Å²) >= 11 is 1.82. The van der Waals surface area contributed by atoms with Gasteiger partial charge in [0, 0.05) is 70.6 Å². The number of aromatic nitrogens is 3. The minimum absolute atomic E-state index is 0.00420. The molecular weight excluding hydrogens is 460 g/mol. The largest absolute Gasteiger partial charge is 0.314 e. The van der Waals surface area contributed by atoms with Crippen molar-refractivity contribution in [3.05, 3.63) is 88.6 Å². The Balaban J connectivity index is 1.39. The average Bonchev–Trinajstić information content (AvgIpc) is 3.53. The van der Waals surface area contributed by atoms with Gasteiger partial charge in [-0.3, -0.25) is 15.0 Å². The minimum Gasteiger partial charge on any atom is -0.314 e. The van der Waals surface area contributed by atoms with Gasteiger partial charge in [-0.2, -0.15) is 0 Å². The van der Waals surface area contributed by atoms with E-state index in [1.807, 2.05) is 22.2 Å². The predicted molar refractivity (Wildman–Crippen MR) is 139 cm³/mol. The number of benzene rings is 3. The zero-order chi connectivity index (χ0) is 23.8. The standard InChI is InChI=1S/C26H24N6O2S/c33-32(34)20-8-5-18(6-9-20)23-16-31(29-28-23)24(17-30-13-11-27-12-14-30)19-7-10-26-22(15-19)21-3-1-2-4-25(21)35-26/h1-10,15-16,24,27H,11-14,17H2. The topological polar surface area (TPSA) is 89.1 Å². The first-order chi connectivity index (χ1) is 17.2. The van der Waals surface area contributed by atoms with Gasteiger partial charge in [-0.05, 0) is 35.9 Å². The highest BCUT2D eigenvalue weighted by Crippen LogP contribution is 2.36. The number of nitro benzene ring substituents is 1. The number of fused-ring (bicyclic) bond motifs is 3. The normalized spacial score (nSPS) is 15.5. The Kier molecular flexibility index (Phi) is 5.73. The Morgan fingerprint density at radius 2 is 1.77 bits per heavy atom. The Morgan fingerprint density at radius 3 is 2.57 bits per heavy atom. The van der Waals surface area contributed by atoms with E-state index in [9.17, 15) is 10.1 Å². The molecule has 176 valence electrons.